The standard InChI is InChI=1S/C11H19N3/c1-8(2)9(3)11-6-10-7-12-4-5-14(10)13-11/h6,8-9,12H,4-5,7H2,1-3H3. The highest BCUT2D eigenvalue weighted by Gasteiger charge is 2.17. The smallest absolute Gasteiger partial charge is 0.0658 e. The first-order valence-corrected chi connectivity index (χ1v) is 5.46. The Kier molecular flexibility index (Phi) is 2.59. The van der Waals surface area contributed by atoms with E-state index in [1.54, 1.807) is 0 Å². The van der Waals surface area contributed by atoms with E-state index in [-0.39, 0.29) is 0 Å². The van der Waals surface area contributed by atoms with Crippen LogP contribution in [0.5, 0.6) is 0 Å². The molecule has 1 aromatic rings. The number of fused-ring (bicyclic) bond motifs is 1. The van der Waals surface area contributed by atoms with Crippen LogP contribution in [0.25, 0.3) is 0 Å². The maximum Gasteiger partial charge on any atom is 0.0658 e. The summed E-state index contributed by atoms with van der Waals surface area (Å²) in [4.78, 5) is 0. The van der Waals surface area contributed by atoms with Crippen molar-refractivity contribution in [1.29, 1.82) is 0 Å². The Labute approximate surface area is 85.5 Å². The minimum atomic E-state index is 0.563. The van der Waals surface area contributed by atoms with E-state index < -0.39 is 0 Å². The fraction of sp³-hybridized carbons (Fsp3) is 0.727. The summed E-state index contributed by atoms with van der Waals surface area (Å²) in [5.74, 6) is 1.23. The third-order valence-corrected chi connectivity index (χ3v) is 3.16. The van der Waals surface area contributed by atoms with Crippen molar-refractivity contribution >= 4 is 0 Å². The summed E-state index contributed by atoms with van der Waals surface area (Å²) in [6, 6.07) is 2.25. The van der Waals surface area contributed by atoms with Gasteiger partial charge in [0.2, 0.25) is 0 Å². The first kappa shape index (κ1) is 9.71. The second-order valence-corrected chi connectivity index (χ2v) is 4.49. The van der Waals surface area contributed by atoms with Gasteiger partial charge in [-0.15, -0.1) is 0 Å². The number of hydrogen-bond donors (Lipinski definition) is 1. The van der Waals surface area contributed by atoms with Gasteiger partial charge in [0, 0.05) is 19.0 Å². The molecule has 3 heteroatoms. The molecule has 2 heterocycles. The summed E-state index contributed by atoms with van der Waals surface area (Å²) in [5.41, 5.74) is 2.58. The zero-order valence-electron chi connectivity index (χ0n) is 9.25. The van der Waals surface area contributed by atoms with Gasteiger partial charge in [-0.25, -0.2) is 0 Å². The lowest BCUT2D eigenvalue weighted by Gasteiger charge is -2.14. The molecule has 1 aromatic heterocycles. The lowest BCUT2D eigenvalue weighted by molar-refractivity contribution is 0.462. The summed E-state index contributed by atoms with van der Waals surface area (Å²) < 4.78 is 2.14. The average molecular weight is 193 g/mol. The van der Waals surface area contributed by atoms with E-state index in [2.05, 4.69) is 41.9 Å². The van der Waals surface area contributed by atoms with Gasteiger partial charge in [-0.1, -0.05) is 20.8 Å². The number of aromatic nitrogens is 2. The first-order chi connectivity index (χ1) is 6.68. The molecule has 0 saturated heterocycles. The third kappa shape index (κ3) is 1.69. The van der Waals surface area contributed by atoms with Gasteiger partial charge in [0.15, 0.2) is 0 Å². The zero-order valence-corrected chi connectivity index (χ0v) is 9.25. The lowest BCUT2D eigenvalue weighted by Crippen LogP contribution is -2.28. The van der Waals surface area contributed by atoms with Crippen molar-refractivity contribution in [2.75, 3.05) is 6.54 Å². The maximum absolute atomic E-state index is 4.65. The molecular weight excluding hydrogens is 174 g/mol. The third-order valence-electron chi connectivity index (χ3n) is 3.16. The van der Waals surface area contributed by atoms with Crippen LogP contribution in [0.1, 0.15) is 38.1 Å². The van der Waals surface area contributed by atoms with E-state index in [9.17, 15) is 0 Å². The van der Waals surface area contributed by atoms with Crippen molar-refractivity contribution in [3.05, 3.63) is 17.5 Å². The topological polar surface area (TPSA) is 29.9 Å². The number of hydrogen-bond acceptors (Lipinski definition) is 2. The van der Waals surface area contributed by atoms with E-state index in [0.717, 1.165) is 19.6 Å². The van der Waals surface area contributed by atoms with Crippen LogP contribution >= 0.6 is 0 Å². The Hall–Kier alpha value is -0.830. The highest BCUT2D eigenvalue weighted by molar-refractivity contribution is 5.15. The van der Waals surface area contributed by atoms with Crippen LogP contribution < -0.4 is 5.32 Å². The lowest BCUT2D eigenvalue weighted by atomic mass is 9.95. The molecule has 1 N–H and O–H groups in total. The average Bonchev–Trinajstić information content (AvgIpc) is 2.59. The molecule has 14 heavy (non-hydrogen) atoms. The molecule has 0 aromatic carbocycles. The molecule has 0 bridgehead atoms. The van der Waals surface area contributed by atoms with Gasteiger partial charge in [0.1, 0.15) is 0 Å². The quantitative estimate of drug-likeness (QED) is 0.775. The zero-order chi connectivity index (χ0) is 10.1. The van der Waals surface area contributed by atoms with Gasteiger partial charge in [0.05, 0.1) is 17.9 Å². The summed E-state index contributed by atoms with van der Waals surface area (Å²) in [5, 5.41) is 8.01. The molecule has 1 unspecified atom stereocenters. The minimum Gasteiger partial charge on any atom is -0.309 e. The van der Waals surface area contributed by atoms with Gasteiger partial charge in [-0.05, 0) is 12.0 Å². The van der Waals surface area contributed by atoms with Crippen LogP contribution in [0, 0.1) is 5.92 Å². The van der Waals surface area contributed by atoms with Gasteiger partial charge in [0.25, 0.3) is 0 Å². The van der Waals surface area contributed by atoms with E-state index in [1.165, 1.54) is 11.4 Å². The molecular formula is C11H19N3. The Morgan fingerprint density at radius 2 is 2.21 bits per heavy atom. The molecule has 1 atom stereocenters. The number of rotatable bonds is 2. The normalized spacial score (nSPS) is 18.3. The molecule has 0 saturated carbocycles. The predicted molar refractivity (Wildman–Crippen MR) is 57.2 cm³/mol. The molecule has 0 radical (unpaired) electrons. The predicted octanol–water partition coefficient (Wildman–Crippen LogP) is 1.75. The fourth-order valence-corrected chi connectivity index (χ4v) is 1.78. The van der Waals surface area contributed by atoms with Crippen LogP contribution in [0.4, 0.5) is 0 Å². The fourth-order valence-electron chi connectivity index (χ4n) is 1.78. The van der Waals surface area contributed by atoms with Gasteiger partial charge >= 0.3 is 0 Å². The Balaban J connectivity index is 2.23. The highest BCUT2D eigenvalue weighted by Crippen LogP contribution is 2.23. The molecule has 1 aliphatic rings. The summed E-state index contributed by atoms with van der Waals surface area (Å²) >= 11 is 0. The van der Waals surface area contributed by atoms with Gasteiger partial charge < -0.3 is 5.32 Å². The first-order valence-electron chi connectivity index (χ1n) is 5.46. The van der Waals surface area contributed by atoms with E-state index >= 15 is 0 Å². The van der Waals surface area contributed by atoms with Crippen molar-refractivity contribution in [1.82, 2.24) is 15.1 Å². The number of nitrogens with one attached hydrogen (secondary N) is 1. The van der Waals surface area contributed by atoms with Crippen LogP contribution in [0.15, 0.2) is 6.07 Å². The molecule has 0 fully saturated rings. The summed E-state index contributed by atoms with van der Waals surface area (Å²) in [6.07, 6.45) is 0. The van der Waals surface area contributed by atoms with E-state index in [0.29, 0.717) is 11.8 Å². The molecule has 1 aliphatic heterocycles. The van der Waals surface area contributed by atoms with Gasteiger partial charge in [-0.2, -0.15) is 5.10 Å². The monoisotopic (exact) mass is 193 g/mol. The Bertz CT molecular complexity index is 291. The van der Waals surface area contributed by atoms with Crippen LogP contribution in [-0.4, -0.2) is 16.3 Å². The molecule has 2 rings (SSSR count). The molecule has 0 amide bonds. The largest absolute Gasteiger partial charge is 0.309 e. The molecule has 3 nitrogen and oxygen atoms in total. The number of nitrogens with zero attached hydrogens (tertiary/aromatic N) is 2. The van der Waals surface area contributed by atoms with Gasteiger partial charge in [-0.3, -0.25) is 4.68 Å². The van der Waals surface area contributed by atoms with E-state index in [4.69, 9.17) is 0 Å². The van der Waals surface area contributed by atoms with Crippen molar-refractivity contribution in [3.8, 4) is 0 Å². The summed E-state index contributed by atoms with van der Waals surface area (Å²) in [6.45, 7) is 9.79. The molecule has 0 spiro atoms. The second-order valence-electron chi connectivity index (χ2n) is 4.49. The van der Waals surface area contributed by atoms with Crippen molar-refractivity contribution in [3.63, 3.8) is 0 Å². The second kappa shape index (κ2) is 3.73. The van der Waals surface area contributed by atoms with Crippen molar-refractivity contribution < 1.29 is 0 Å². The summed E-state index contributed by atoms with van der Waals surface area (Å²) in [7, 11) is 0. The van der Waals surface area contributed by atoms with Crippen LogP contribution in [0.2, 0.25) is 0 Å². The Morgan fingerprint density at radius 1 is 1.43 bits per heavy atom. The van der Waals surface area contributed by atoms with E-state index in [1.807, 2.05) is 0 Å². The molecule has 78 valence electrons. The van der Waals surface area contributed by atoms with Crippen LogP contribution in [0.3, 0.4) is 0 Å². The maximum atomic E-state index is 4.65. The SMILES string of the molecule is CC(C)C(C)c1cc2n(n1)CCNC2. The Morgan fingerprint density at radius 3 is 2.86 bits per heavy atom. The van der Waals surface area contributed by atoms with Crippen LogP contribution in [-0.2, 0) is 13.1 Å². The highest BCUT2D eigenvalue weighted by atomic mass is 15.3. The van der Waals surface area contributed by atoms with Crippen molar-refractivity contribution in [2.24, 2.45) is 5.92 Å². The molecule has 0 aliphatic carbocycles. The van der Waals surface area contributed by atoms with Crippen molar-refractivity contribution in [2.45, 2.75) is 39.8 Å². The minimum absolute atomic E-state index is 0.563.